The summed E-state index contributed by atoms with van der Waals surface area (Å²) in [5, 5.41) is 11.9. The van der Waals surface area contributed by atoms with Gasteiger partial charge in [0.1, 0.15) is 0 Å². The molecule has 20 heavy (non-hydrogen) atoms. The average molecular weight is 275 g/mol. The highest BCUT2D eigenvalue weighted by Crippen LogP contribution is 2.22. The van der Waals surface area contributed by atoms with Gasteiger partial charge >= 0.3 is 0 Å². The SMILES string of the molecule is CCN(CC)CCCn1ccc2ccc([N+](=O)[O-])cc21. The maximum Gasteiger partial charge on any atom is 0.271 e. The summed E-state index contributed by atoms with van der Waals surface area (Å²) in [6.07, 6.45) is 3.06. The van der Waals surface area contributed by atoms with Crippen LogP contribution in [0.15, 0.2) is 30.5 Å². The largest absolute Gasteiger partial charge is 0.347 e. The molecule has 1 aromatic heterocycles. The third kappa shape index (κ3) is 3.17. The van der Waals surface area contributed by atoms with Crippen molar-refractivity contribution < 1.29 is 4.92 Å². The standard InChI is InChI=1S/C15H21N3O2/c1-3-16(4-2)9-5-10-17-11-8-13-6-7-14(18(19)20)12-15(13)17/h6-8,11-12H,3-5,9-10H2,1-2H3. The van der Waals surface area contributed by atoms with E-state index >= 15 is 0 Å². The molecule has 1 aromatic carbocycles. The van der Waals surface area contributed by atoms with E-state index in [0.29, 0.717) is 0 Å². The minimum absolute atomic E-state index is 0.154. The van der Waals surface area contributed by atoms with Crippen molar-refractivity contribution in [2.45, 2.75) is 26.8 Å². The second-order valence-corrected chi connectivity index (χ2v) is 4.89. The minimum Gasteiger partial charge on any atom is -0.347 e. The lowest BCUT2D eigenvalue weighted by Gasteiger charge is -2.17. The number of nitrogens with zero attached hydrogens (tertiary/aromatic N) is 3. The normalized spacial score (nSPS) is 11.3. The number of hydrogen-bond acceptors (Lipinski definition) is 3. The number of nitro groups is 1. The first-order valence-electron chi connectivity index (χ1n) is 7.11. The molecular formula is C15H21N3O2. The van der Waals surface area contributed by atoms with Crippen LogP contribution in [0.2, 0.25) is 0 Å². The number of aryl methyl sites for hydroxylation is 1. The quantitative estimate of drug-likeness (QED) is 0.575. The van der Waals surface area contributed by atoms with E-state index < -0.39 is 0 Å². The number of fused-ring (bicyclic) bond motifs is 1. The second kappa shape index (κ2) is 6.52. The van der Waals surface area contributed by atoms with Gasteiger partial charge in [0.25, 0.3) is 5.69 Å². The van der Waals surface area contributed by atoms with Crippen molar-refractivity contribution in [3.8, 4) is 0 Å². The molecule has 0 saturated heterocycles. The third-order valence-corrected chi connectivity index (χ3v) is 3.74. The summed E-state index contributed by atoms with van der Waals surface area (Å²) >= 11 is 0. The van der Waals surface area contributed by atoms with Crippen LogP contribution in [-0.4, -0.2) is 34.0 Å². The third-order valence-electron chi connectivity index (χ3n) is 3.74. The van der Waals surface area contributed by atoms with Crippen molar-refractivity contribution in [2.24, 2.45) is 0 Å². The van der Waals surface area contributed by atoms with Crippen LogP contribution in [0.3, 0.4) is 0 Å². The Morgan fingerprint density at radius 3 is 2.65 bits per heavy atom. The monoisotopic (exact) mass is 275 g/mol. The van der Waals surface area contributed by atoms with E-state index in [2.05, 4.69) is 23.3 Å². The van der Waals surface area contributed by atoms with Crippen molar-refractivity contribution in [1.82, 2.24) is 9.47 Å². The van der Waals surface area contributed by atoms with Gasteiger partial charge in [-0.15, -0.1) is 0 Å². The first-order valence-corrected chi connectivity index (χ1v) is 7.11. The van der Waals surface area contributed by atoms with Crippen molar-refractivity contribution in [3.05, 3.63) is 40.6 Å². The lowest BCUT2D eigenvalue weighted by molar-refractivity contribution is -0.384. The fraction of sp³-hybridized carbons (Fsp3) is 0.467. The van der Waals surface area contributed by atoms with Crippen LogP contribution in [0.4, 0.5) is 5.69 Å². The minimum atomic E-state index is -0.341. The molecule has 0 saturated carbocycles. The Labute approximate surface area is 118 Å². The van der Waals surface area contributed by atoms with Crippen molar-refractivity contribution in [3.63, 3.8) is 0 Å². The van der Waals surface area contributed by atoms with Crippen LogP contribution in [0.1, 0.15) is 20.3 Å². The first-order chi connectivity index (χ1) is 9.65. The van der Waals surface area contributed by atoms with Crippen LogP contribution in [0.5, 0.6) is 0 Å². The van der Waals surface area contributed by atoms with E-state index in [1.54, 1.807) is 12.1 Å². The van der Waals surface area contributed by atoms with E-state index in [9.17, 15) is 10.1 Å². The molecule has 5 nitrogen and oxygen atoms in total. The Morgan fingerprint density at radius 1 is 1.25 bits per heavy atom. The first kappa shape index (κ1) is 14.5. The van der Waals surface area contributed by atoms with Crippen LogP contribution < -0.4 is 0 Å². The topological polar surface area (TPSA) is 51.3 Å². The Bertz CT molecular complexity index is 588. The molecule has 0 bridgehead atoms. The molecule has 0 atom stereocenters. The zero-order valence-electron chi connectivity index (χ0n) is 12.1. The predicted molar refractivity (Wildman–Crippen MR) is 81.0 cm³/mol. The van der Waals surface area contributed by atoms with Crippen molar-refractivity contribution >= 4 is 16.6 Å². The Morgan fingerprint density at radius 2 is 2.00 bits per heavy atom. The number of benzene rings is 1. The number of nitro benzene ring substituents is 1. The average Bonchev–Trinajstić information content (AvgIpc) is 2.86. The summed E-state index contributed by atoms with van der Waals surface area (Å²) in [6, 6.07) is 7.04. The van der Waals surface area contributed by atoms with E-state index in [0.717, 1.165) is 43.5 Å². The summed E-state index contributed by atoms with van der Waals surface area (Å²) in [5.74, 6) is 0. The van der Waals surface area contributed by atoms with Gasteiger partial charge in [-0.05, 0) is 38.2 Å². The molecule has 0 aliphatic carbocycles. The van der Waals surface area contributed by atoms with Gasteiger partial charge in [-0.2, -0.15) is 0 Å². The van der Waals surface area contributed by atoms with Gasteiger partial charge in [-0.25, -0.2) is 0 Å². The van der Waals surface area contributed by atoms with Gasteiger partial charge in [-0.3, -0.25) is 10.1 Å². The van der Waals surface area contributed by atoms with E-state index in [1.165, 1.54) is 0 Å². The Kier molecular flexibility index (Phi) is 4.74. The Hall–Kier alpha value is -1.88. The highest BCUT2D eigenvalue weighted by molar-refractivity contribution is 5.82. The van der Waals surface area contributed by atoms with Crippen molar-refractivity contribution in [1.29, 1.82) is 0 Å². The molecule has 0 N–H and O–H groups in total. The second-order valence-electron chi connectivity index (χ2n) is 4.89. The molecule has 0 radical (unpaired) electrons. The number of aromatic nitrogens is 1. The summed E-state index contributed by atoms with van der Waals surface area (Å²) in [4.78, 5) is 12.9. The van der Waals surface area contributed by atoms with Crippen LogP contribution in [0.25, 0.3) is 10.9 Å². The summed E-state index contributed by atoms with van der Waals surface area (Å²) < 4.78 is 2.10. The van der Waals surface area contributed by atoms with Crippen LogP contribution >= 0.6 is 0 Å². The summed E-state index contributed by atoms with van der Waals surface area (Å²) in [7, 11) is 0. The van der Waals surface area contributed by atoms with Gasteiger partial charge in [0.05, 0.1) is 10.4 Å². The summed E-state index contributed by atoms with van der Waals surface area (Å²) in [6.45, 7) is 8.40. The fourth-order valence-corrected chi connectivity index (χ4v) is 2.49. The van der Waals surface area contributed by atoms with E-state index in [1.807, 2.05) is 18.3 Å². The molecule has 5 heteroatoms. The molecule has 0 spiro atoms. The molecule has 0 amide bonds. The maximum atomic E-state index is 10.8. The number of non-ortho nitro benzene ring substituents is 1. The number of hydrogen-bond donors (Lipinski definition) is 0. The zero-order valence-corrected chi connectivity index (χ0v) is 12.1. The van der Waals surface area contributed by atoms with Gasteiger partial charge < -0.3 is 9.47 Å². The highest BCUT2D eigenvalue weighted by Gasteiger charge is 2.09. The lowest BCUT2D eigenvalue weighted by atomic mass is 10.2. The molecular weight excluding hydrogens is 254 g/mol. The van der Waals surface area contributed by atoms with Gasteiger partial charge in [-0.1, -0.05) is 13.8 Å². The lowest BCUT2D eigenvalue weighted by Crippen LogP contribution is -2.24. The van der Waals surface area contributed by atoms with E-state index in [-0.39, 0.29) is 10.6 Å². The highest BCUT2D eigenvalue weighted by atomic mass is 16.6. The molecule has 0 aliphatic rings. The van der Waals surface area contributed by atoms with Crippen molar-refractivity contribution in [2.75, 3.05) is 19.6 Å². The zero-order chi connectivity index (χ0) is 14.5. The molecule has 0 aliphatic heterocycles. The molecule has 1 heterocycles. The maximum absolute atomic E-state index is 10.8. The molecule has 0 unspecified atom stereocenters. The van der Waals surface area contributed by atoms with Gasteiger partial charge in [0.2, 0.25) is 0 Å². The van der Waals surface area contributed by atoms with Crippen LogP contribution in [-0.2, 0) is 6.54 Å². The predicted octanol–water partition coefficient (Wildman–Crippen LogP) is 3.28. The smallest absolute Gasteiger partial charge is 0.271 e. The molecule has 108 valence electrons. The van der Waals surface area contributed by atoms with Crippen LogP contribution in [0, 0.1) is 10.1 Å². The molecule has 2 rings (SSSR count). The Balaban J connectivity index is 2.10. The fourth-order valence-electron chi connectivity index (χ4n) is 2.49. The van der Waals surface area contributed by atoms with E-state index in [4.69, 9.17) is 0 Å². The van der Waals surface area contributed by atoms with Gasteiger partial charge in [0.15, 0.2) is 0 Å². The molecule has 0 fully saturated rings. The number of rotatable bonds is 7. The van der Waals surface area contributed by atoms with Gasteiger partial charge in [0, 0.05) is 30.3 Å². The molecule has 2 aromatic rings. The summed E-state index contributed by atoms with van der Waals surface area (Å²) in [5.41, 5.74) is 1.10.